The largest absolute Gasteiger partial charge is 0.492 e. The summed E-state index contributed by atoms with van der Waals surface area (Å²) in [6, 6.07) is 18.8. The lowest BCUT2D eigenvalue weighted by Crippen LogP contribution is -2.19. The summed E-state index contributed by atoms with van der Waals surface area (Å²) in [5, 5.41) is 18.6. The molecular formula is C27H30N6O. The van der Waals surface area contributed by atoms with E-state index in [1.54, 1.807) is 0 Å². The molecule has 7 heteroatoms. The second kappa shape index (κ2) is 9.27. The Balaban J connectivity index is 1.44. The molecule has 0 aliphatic carbocycles. The summed E-state index contributed by atoms with van der Waals surface area (Å²) in [5.41, 5.74) is 3.94. The van der Waals surface area contributed by atoms with Crippen LogP contribution >= 0.6 is 0 Å². The highest BCUT2D eigenvalue weighted by molar-refractivity contribution is 5.97. The fourth-order valence-electron chi connectivity index (χ4n) is 4.08. The highest BCUT2D eigenvalue weighted by atomic mass is 16.5. The molecule has 0 radical (unpaired) electrons. The maximum Gasteiger partial charge on any atom is 0.181 e. The molecule has 5 aromatic rings. The molecule has 0 atom stereocenters. The summed E-state index contributed by atoms with van der Waals surface area (Å²) < 4.78 is 5.89. The number of likely N-dealkylation sites (N-methyl/N-ethyl adjacent to an activating group) is 1. The summed E-state index contributed by atoms with van der Waals surface area (Å²) in [7, 11) is 4.09. The number of ether oxygens (including phenoxy) is 1. The van der Waals surface area contributed by atoms with Crippen LogP contribution in [0.3, 0.4) is 0 Å². The maximum absolute atomic E-state index is 5.89. The predicted molar refractivity (Wildman–Crippen MR) is 137 cm³/mol. The minimum absolute atomic E-state index is 0.525. The Hall–Kier alpha value is -3.71. The van der Waals surface area contributed by atoms with Gasteiger partial charge < -0.3 is 9.64 Å². The fraction of sp³-hybridized carbons (Fsp3) is 0.296. The van der Waals surface area contributed by atoms with Crippen molar-refractivity contribution in [1.82, 2.24) is 30.3 Å². The summed E-state index contributed by atoms with van der Waals surface area (Å²) in [6.07, 6.45) is 0.881. The summed E-state index contributed by atoms with van der Waals surface area (Å²) in [4.78, 5) is 6.79. The van der Waals surface area contributed by atoms with Gasteiger partial charge in [-0.05, 0) is 67.2 Å². The third-order valence-electron chi connectivity index (χ3n) is 5.85. The van der Waals surface area contributed by atoms with Gasteiger partial charge in [0.05, 0.1) is 11.2 Å². The van der Waals surface area contributed by atoms with Crippen molar-refractivity contribution in [3.05, 3.63) is 60.4 Å². The molecular weight excluding hydrogens is 424 g/mol. The van der Waals surface area contributed by atoms with E-state index in [9.17, 15) is 0 Å². The van der Waals surface area contributed by atoms with Crippen LogP contribution < -0.4 is 4.74 Å². The van der Waals surface area contributed by atoms with Gasteiger partial charge in [0.1, 0.15) is 18.2 Å². The van der Waals surface area contributed by atoms with E-state index in [4.69, 9.17) is 4.74 Å². The normalized spacial score (nSPS) is 11.8. The number of aromatic nitrogens is 5. The molecule has 34 heavy (non-hydrogen) atoms. The Morgan fingerprint density at radius 2 is 1.68 bits per heavy atom. The second-order valence-corrected chi connectivity index (χ2v) is 9.41. The molecule has 2 aromatic heterocycles. The zero-order chi connectivity index (χ0) is 23.7. The van der Waals surface area contributed by atoms with Gasteiger partial charge in [-0.25, -0.2) is 4.98 Å². The average Bonchev–Trinajstić information content (AvgIpc) is 3.44. The van der Waals surface area contributed by atoms with E-state index in [0.717, 1.165) is 63.0 Å². The third kappa shape index (κ3) is 4.65. The number of nitrogens with zero attached hydrogens (tertiary/aromatic N) is 4. The number of rotatable bonds is 8. The Kier molecular flexibility index (Phi) is 6.02. The first-order valence-electron chi connectivity index (χ1n) is 11.7. The number of aromatic amines is 2. The maximum atomic E-state index is 5.89. The topological polar surface area (TPSA) is 82.7 Å². The molecule has 0 unspecified atom stereocenters. The molecule has 0 saturated carbocycles. The van der Waals surface area contributed by atoms with Crippen LogP contribution in [-0.4, -0.2) is 57.5 Å². The van der Waals surface area contributed by atoms with Crippen molar-refractivity contribution in [3.63, 3.8) is 0 Å². The molecule has 0 fully saturated rings. The number of benzene rings is 3. The zero-order valence-electron chi connectivity index (χ0n) is 20.1. The Labute approximate surface area is 199 Å². The van der Waals surface area contributed by atoms with Crippen LogP contribution in [0, 0.1) is 5.92 Å². The van der Waals surface area contributed by atoms with Gasteiger partial charge in [-0.3, -0.25) is 10.2 Å². The summed E-state index contributed by atoms with van der Waals surface area (Å²) in [6.45, 7) is 5.91. The second-order valence-electron chi connectivity index (χ2n) is 9.41. The fourth-order valence-corrected chi connectivity index (χ4v) is 4.08. The lowest BCUT2D eigenvalue weighted by Gasteiger charge is -2.11. The van der Waals surface area contributed by atoms with E-state index in [0.29, 0.717) is 18.3 Å². The van der Waals surface area contributed by atoms with E-state index in [2.05, 4.69) is 80.5 Å². The van der Waals surface area contributed by atoms with Crippen LogP contribution in [0.15, 0.2) is 54.6 Å². The monoisotopic (exact) mass is 454 g/mol. The average molecular weight is 455 g/mol. The Morgan fingerprint density at radius 3 is 2.50 bits per heavy atom. The molecule has 2 N–H and O–H groups in total. The molecule has 174 valence electrons. The van der Waals surface area contributed by atoms with Crippen molar-refractivity contribution < 1.29 is 4.74 Å². The van der Waals surface area contributed by atoms with Gasteiger partial charge in [0.25, 0.3) is 0 Å². The minimum Gasteiger partial charge on any atom is -0.492 e. The van der Waals surface area contributed by atoms with Crippen molar-refractivity contribution >= 4 is 21.7 Å². The van der Waals surface area contributed by atoms with Crippen LogP contribution in [0.5, 0.6) is 5.75 Å². The van der Waals surface area contributed by atoms with Crippen LogP contribution in [0.25, 0.3) is 44.3 Å². The molecule has 0 aliphatic heterocycles. The molecule has 0 saturated heterocycles. The Morgan fingerprint density at radius 1 is 0.882 bits per heavy atom. The van der Waals surface area contributed by atoms with Crippen molar-refractivity contribution in [3.8, 4) is 28.4 Å². The first-order chi connectivity index (χ1) is 16.5. The lowest BCUT2D eigenvalue weighted by atomic mass is 10.0. The first-order valence-corrected chi connectivity index (χ1v) is 11.7. The molecule has 3 aromatic carbocycles. The molecule has 0 amide bonds. The van der Waals surface area contributed by atoms with E-state index in [1.165, 1.54) is 0 Å². The van der Waals surface area contributed by atoms with E-state index in [-0.39, 0.29) is 0 Å². The predicted octanol–water partition coefficient (Wildman–Crippen LogP) is 5.31. The van der Waals surface area contributed by atoms with Crippen LogP contribution in [-0.2, 0) is 6.42 Å². The van der Waals surface area contributed by atoms with E-state index < -0.39 is 0 Å². The zero-order valence-corrected chi connectivity index (χ0v) is 20.1. The van der Waals surface area contributed by atoms with Gasteiger partial charge in [0.15, 0.2) is 5.82 Å². The van der Waals surface area contributed by atoms with Crippen LogP contribution in [0.2, 0.25) is 0 Å². The van der Waals surface area contributed by atoms with Crippen molar-refractivity contribution in [2.45, 2.75) is 20.3 Å². The number of hydrogen-bond acceptors (Lipinski definition) is 5. The summed E-state index contributed by atoms with van der Waals surface area (Å²) >= 11 is 0. The van der Waals surface area contributed by atoms with Gasteiger partial charge in [-0.15, -0.1) is 0 Å². The molecule has 5 rings (SSSR count). The van der Waals surface area contributed by atoms with Gasteiger partial charge in [0, 0.05) is 29.5 Å². The van der Waals surface area contributed by atoms with Crippen molar-refractivity contribution in [2.75, 3.05) is 27.2 Å². The molecule has 0 aliphatic rings. The molecule has 7 nitrogen and oxygen atoms in total. The lowest BCUT2D eigenvalue weighted by molar-refractivity contribution is 0.261. The SMILES string of the molecule is CC(C)Cc1nc(-c2ccc3[nH]nc(-c4ccc5cc(OCCN(C)C)ccc5c4)c3c2)n[nH]1. The smallest absolute Gasteiger partial charge is 0.181 e. The minimum atomic E-state index is 0.525. The van der Waals surface area contributed by atoms with Crippen molar-refractivity contribution in [1.29, 1.82) is 0 Å². The van der Waals surface area contributed by atoms with Gasteiger partial charge >= 0.3 is 0 Å². The quantitative estimate of drug-likeness (QED) is 0.332. The van der Waals surface area contributed by atoms with Crippen LogP contribution in [0.4, 0.5) is 0 Å². The number of H-pyrrole nitrogens is 2. The highest BCUT2D eigenvalue weighted by Crippen LogP contribution is 2.32. The third-order valence-corrected chi connectivity index (χ3v) is 5.85. The van der Waals surface area contributed by atoms with Gasteiger partial charge in [-0.2, -0.15) is 10.2 Å². The molecule has 0 spiro atoms. The van der Waals surface area contributed by atoms with E-state index in [1.807, 2.05) is 32.3 Å². The Bertz CT molecular complexity index is 1430. The molecule has 0 bridgehead atoms. The van der Waals surface area contributed by atoms with Crippen molar-refractivity contribution in [2.24, 2.45) is 5.92 Å². The van der Waals surface area contributed by atoms with E-state index >= 15 is 0 Å². The number of nitrogens with one attached hydrogen (secondary N) is 2. The highest BCUT2D eigenvalue weighted by Gasteiger charge is 2.13. The summed E-state index contributed by atoms with van der Waals surface area (Å²) in [5.74, 6) is 3.04. The standard InChI is InChI=1S/C27H30N6O/c1-17(2)13-25-28-27(32-30-25)21-8-10-24-23(16-21)26(31-29-24)20-6-5-19-15-22(9-7-18(19)14-20)34-12-11-33(3)4/h5-10,14-17H,11-13H2,1-4H3,(H,29,31)(H,28,30,32). The number of fused-ring (bicyclic) bond motifs is 2. The van der Waals surface area contributed by atoms with Gasteiger partial charge in [0.2, 0.25) is 0 Å². The molecule has 2 heterocycles. The number of hydrogen-bond donors (Lipinski definition) is 2. The first kappa shape index (κ1) is 22.1. The van der Waals surface area contributed by atoms with Gasteiger partial charge in [-0.1, -0.05) is 32.0 Å². The van der Waals surface area contributed by atoms with Crippen LogP contribution in [0.1, 0.15) is 19.7 Å².